The van der Waals surface area contributed by atoms with Gasteiger partial charge in [0.1, 0.15) is 11.4 Å². The van der Waals surface area contributed by atoms with Crippen LogP contribution in [0.1, 0.15) is 53.1 Å². The summed E-state index contributed by atoms with van der Waals surface area (Å²) in [5.41, 5.74) is 2.55. The Balaban J connectivity index is 1.78. The van der Waals surface area contributed by atoms with E-state index in [2.05, 4.69) is 34.8 Å². The van der Waals surface area contributed by atoms with Crippen LogP contribution in [0.2, 0.25) is 0 Å². The summed E-state index contributed by atoms with van der Waals surface area (Å²) in [7, 11) is 0. The van der Waals surface area contributed by atoms with Crippen LogP contribution in [0.3, 0.4) is 0 Å². The van der Waals surface area contributed by atoms with E-state index in [9.17, 15) is 9.59 Å². The Morgan fingerprint density at radius 1 is 1.03 bits per heavy atom. The summed E-state index contributed by atoms with van der Waals surface area (Å²) in [6, 6.07) is 18.0. The first kappa shape index (κ1) is 19.7. The molecule has 154 valence electrons. The zero-order valence-electron chi connectivity index (χ0n) is 17.0. The number of hydrogen-bond acceptors (Lipinski definition) is 4. The van der Waals surface area contributed by atoms with Crippen molar-refractivity contribution < 1.29 is 9.21 Å². The molecule has 31 heavy (non-hydrogen) atoms. The van der Waals surface area contributed by atoms with E-state index in [0.29, 0.717) is 28.3 Å². The molecule has 0 fully saturated rings. The lowest BCUT2D eigenvalue weighted by Gasteiger charge is -2.24. The van der Waals surface area contributed by atoms with Crippen LogP contribution < -0.4 is 10.3 Å². The molecule has 0 saturated heterocycles. The predicted molar refractivity (Wildman–Crippen MR) is 124 cm³/mol. The Morgan fingerprint density at radius 2 is 1.81 bits per heavy atom. The standard InChI is InChI=1S/C25H19BrN2O3/c1-14(2)15-6-8-16(9-7-15)22-21-23(29)18-13-17(26)10-11-19(18)31-24(21)25(30)28(22)20-5-3-4-12-27-20/h3-14,22H,1-2H3/t22-/m1/s1. The highest BCUT2D eigenvalue weighted by atomic mass is 79.9. The van der Waals surface area contributed by atoms with Gasteiger partial charge in [0.2, 0.25) is 5.76 Å². The highest BCUT2D eigenvalue weighted by Gasteiger charge is 2.44. The lowest BCUT2D eigenvalue weighted by Crippen LogP contribution is -2.30. The summed E-state index contributed by atoms with van der Waals surface area (Å²) in [6.45, 7) is 4.25. The van der Waals surface area contributed by atoms with Crippen molar-refractivity contribution in [3.63, 3.8) is 0 Å². The van der Waals surface area contributed by atoms with Gasteiger partial charge < -0.3 is 4.42 Å². The van der Waals surface area contributed by atoms with Crippen molar-refractivity contribution in [2.75, 3.05) is 4.90 Å². The molecule has 5 nitrogen and oxygen atoms in total. The number of carbonyl (C=O) groups is 1. The van der Waals surface area contributed by atoms with E-state index in [4.69, 9.17) is 4.42 Å². The van der Waals surface area contributed by atoms with Crippen molar-refractivity contribution in [1.82, 2.24) is 4.98 Å². The molecule has 1 aliphatic rings. The summed E-state index contributed by atoms with van der Waals surface area (Å²) in [6.07, 6.45) is 1.63. The van der Waals surface area contributed by atoms with Gasteiger partial charge in [0.25, 0.3) is 5.91 Å². The maximum Gasteiger partial charge on any atom is 0.296 e. The van der Waals surface area contributed by atoms with E-state index in [0.717, 1.165) is 10.0 Å². The summed E-state index contributed by atoms with van der Waals surface area (Å²) in [5.74, 6) is 0.559. The lowest BCUT2D eigenvalue weighted by molar-refractivity contribution is 0.0970. The van der Waals surface area contributed by atoms with Crippen molar-refractivity contribution in [3.05, 3.63) is 104 Å². The van der Waals surface area contributed by atoms with E-state index < -0.39 is 6.04 Å². The first-order valence-electron chi connectivity index (χ1n) is 10.1. The number of aromatic nitrogens is 1. The number of amides is 1. The van der Waals surface area contributed by atoms with Gasteiger partial charge in [-0.15, -0.1) is 0 Å². The summed E-state index contributed by atoms with van der Waals surface area (Å²) in [4.78, 5) is 33.0. The molecule has 0 bridgehead atoms. The van der Waals surface area contributed by atoms with Gasteiger partial charge in [-0.3, -0.25) is 14.5 Å². The second-order valence-corrected chi connectivity index (χ2v) is 8.82. The molecular formula is C25H19BrN2O3. The third-order valence-corrected chi connectivity index (χ3v) is 6.14. The number of fused-ring (bicyclic) bond motifs is 2. The zero-order chi connectivity index (χ0) is 21.7. The van der Waals surface area contributed by atoms with Crippen molar-refractivity contribution in [1.29, 1.82) is 0 Å². The van der Waals surface area contributed by atoms with Gasteiger partial charge >= 0.3 is 0 Å². The van der Waals surface area contributed by atoms with Gasteiger partial charge in [-0.1, -0.05) is 60.1 Å². The molecule has 0 spiro atoms. The van der Waals surface area contributed by atoms with E-state index >= 15 is 0 Å². The van der Waals surface area contributed by atoms with Gasteiger partial charge in [0.15, 0.2) is 5.43 Å². The van der Waals surface area contributed by atoms with Crippen molar-refractivity contribution >= 4 is 38.6 Å². The van der Waals surface area contributed by atoms with Crippen molar-refractivity contribution in [2.24, 2.45) is 0 Å². The minimum absolute atomic E-state index is 0.0726. The van der Waals surface area contributed by atoms with E-state index in [-0.39, 0.29) is 17.1 Å². The number of halogens is 1. The number of nitrogens with zero attached hydrogens (tertiary/aromatic N) is 2. The average molecular weight is 475 g/mol. The van der Waals surface area contributed by atoms with Gasteiger partial charge in [-0.05, 0) is 47.4 Å². The molecular weight excluding hydrogens is 456 g/mol. The largest absolute Gasteiger partial charge is 0.450 e. The normalized spacial score (nSPS) is 15.7. The molecule has 2 aromatic heterocycles. The van der Waals surface area contributed by atoms with E-state index in [1.54, 1.807) is 41.4 Å². The minimum atomic E-state index is -0.613. The number of rotatable bonds is 3. The second kappa shape index (κ2) is 7.46. The summed E-state index contributed by atoms with van der Waals surface area (Å²) < 4.78 is 6.75. The molecule has 0 saturated carbocycles. The molecule has 0 radical (unpaired) electrons. The lowest BCUT2D eigenvalue weighted by atomic mass is 9.95. The third kappa shape index (κ3) is 3.18. The first-order valence-corrected chi connectivity index (χ1v) is 10.9. The van der Waals surface area contributed by atoms with Gasteiger partial charge in [-0.2, -0.15) is 0 Å². The maximum atomic E-state index is 13.6. The number of anilines is 1. The van der Waals surface area contributed by atoms with Gasteiger partial charge in [-0.25, -0.2) is 4.98 Å². The molecule has 5 rings (SSSR count). The van der Waals surface area contributed by atoms with Crippen molar-refractivity contribution in [2.45, 2.75) is 25.8 Å². The van der Waals surface area contributed by atoms with E-state index in [1.807, 2.05) is 30.3 Å². The molecule has 1 aliphatic heterocycles. The monoisotopic (exact) mass is 474 g/mol. The van der Waals surface area contributed by atoms with Crippen LogP contribution in [0, 0.1) is 0 Å². The smallest absolute Gasteiger partial charge is 0.296 e. The van der Waals surface area contributed by atoms with Crippen molar-refractivity contribution in [3.8, 4) is 0 Å². The maximum absolute atomic E-state index is 13.6. The topological polar surface area (TPSA) is 63.4 Å². The van der Waals surface area contributed by atoms with Gasteiger partial charge in [0, 0.05) is 10.7 Å². The SMILES string of the molecule is CC(C)c1ccc([C@@H]2c3c(oc4ccc(Br)cc4c3=O)C(=O)N2c2ccccn2)cc1. The van der Waals surface area contributed by atoms with Crippen LogP contribution in [-0.2, 0) is 0 Å². The fourth-order valence-corrected chi connectivity index (χ4v) is 4.42. The Labute approximate surface area is 187 Å². The molecule has 0 aliphatic carbocycles. The molecule has 4 aromatic rings. The number of benzene rings is 2. The fraction of sp³-hybridized carbons (Fsp3) is 0.160. The molecule has 0 N–H and O–H groups in total. The predicted octanol–water partition coefficient (Wildman–Crippen LogP) is 5.82. The van der Waals surface area contributed by atoms with Crippen LogP contribution in [0.5, 0.6) is 0 Å². The fourth-order valence-electron chi connectivity index (χ4n) is 4.06. The van der Waals surface area contributed by atoms with Crippen LogP contribution in [0.15, 0.2) is 80.5 Å². The average Bonchev–Trinajstić information content (AvgIpc) is 3.07. The quantitative estimate of drug-likeness (QED) is 0.375. The summed E-state index contributed by atoms with van der Waals surface area (Å²) >= 11 is 3.42. The zero-order valence-corrected chi connectivity index (χ0v) is 18.6. The highest BCUT2D eigenvalue weighted by molar-refractivity contribution is 9.10. The van der Waals surface area contributed by atoms with Crippen LogP contribution >= 0.6 is 15.9 Å². The Hall–Kier alpha value is -3.25. The second-order valence-electron chi connectivity index (χ2n) is 7.90. The Kier molecular flexibility index (Phi) is 4.74. The van der Waals surface area contributed by atoms with Gasteiger partial charge in [0.05, 0.1) is 17.0 Å². The van der Waals surface area contributed by atoms with Crippen LogP contribution in [0.4, 0.5) is 5.82 Å². The number of pyridine rings is 1. The number of hydrogen-bond donors (Lipinski definition) is 0. The number of carbonyl (C=O) groups excluding carboxylic acids is 1. The minimum Gasteiger partial charge on any atom is -0.450 e. The van der Waals surface area contributed by atoms with Crippen LogP contribution in [0.25, 0.3) is 11.0 Å². The van der Waals surface area contributed by atoms with Crippen LogP contribution in [-0.4, -0.2) is 10.9 Å². The molecule has 2 aromatic carbocycles. The van der Waals surface area contributed by atoms with E-state index in [1.165, 1.54) is 5.56 Å². The molecule has 1 atom stereocenters. The highest BCUT2D eigenvalue weighted by Crippen LogP contribution is 2.40. The Morgan fingerprint density at radius 3 is 2.48 bits per heavy atom. The molecule has 0 unspecified atom stereocenters. The Bertz CT molecular complexity index is 1360. The first-order chi connectivity index (χ1) is 15.0. The molecule has 6 heteroatoms. The molecule has 1 amide bonds. The third-order valence-electron chi connectivity index (χ3n) is 5.65. The molecule has 3 heterocycles. The summed E-state index contributed by atoms with van der Waals surface area (Å²) in [5, 5.41) is 0.438.